The summed E-state index contributed by atoms with van der Waals surface area (Å²) in [5.41, 5.74) is 15.3. The Bertz CT molecular complexity index is 3800. The SMILES string of the molecule is CC1(C)CCC(C)(C)c2cc3c(cc21)c1c(ccc2c4ccccc4n(-c4ccccc4)c21)n3-c1nc(-c2cccc3c2C(C)(C)c2ccccc2-3)nc(-c2cccc3ccccc23)n1. The number of fused-ring (bicyclic) bond motifs is 12. The molecule has 0 aliphatic heterocycles. The monoisotopic (exact) mass is 839 g/mol. The number of para-hydroxylation sites is 2. The van der Waals surface area contributed by atoms with E-state index in [1.54, 1.807) is 0 Å². The number of nitrogens with zero attached hydrogens (tertiary/aromatic N) is 5. The Kier molecular flexibility index (Phi) is 7.82. The first kappa shape index (κ1) is 38.1. The number of rotatable bonds is 4. The van der Waals surface area contributed by atoms with E-state index in [0.29, 0.717) is 17.6 Å². The Morgan fingerprint density at radius 3 is 1.85 bits per heavy atom. The normalized spacial score (nSPS) is 15.8. The molecule has 5 nitrogen and oxygen atoms in total. The maximum absolute atomic E-state index is 5.67. The van der Waals surface area contributed by atoms with Crippen molar-refractivity contribution in [2.75, 3.05) is 0 Å². The Hall–Kier alpha value is -7.37. The second kappa shape index (κ2) is 13.3. The molecule has 3 aromatic heterocycles. The molecule has 0 bridgehead atoms. The van der Waals surface area contributed by atoms with Gasteiger partial charge in [-0.15, -0.1) is 0 Å². The largest absolute Gasteiger partial charge is 0.309 e. The van der Waals surface area contributed by atoms with Gasteiger partial charge in [-0.1, -0.05) is 169 Å². The predicted molar refractivity (Wildman–Crippen MR) is 270 cm³/mol. The lowest BCUT2D eigenvalue weighted by molar-refractivity contribution is 0.332. The van der Waals surface area contributed by atoms with Crippen molar-refractivity contribution < 1.29 is 0 Å². The van der Waals surface area contributed by atoms with Gasteiger partial charge in [-0.3, -0.25) is 4.57 Å². The van der Waals surface area contributed by atoms with Crippen LogP contribution in [0.5, 0.6) is 0 Å². The fourth-order valence-corrected chi connectivity index (χ4v) is 11.8. The topological polar surface area (TPSA) is 48.5 Å². The van der Waals surface area contributed by atoms with Crippen LogP contribution in [0.2, 0.25) is 0 Å². The molecular weight excluding hydrogens is 791 g/mol. The molecule has 65 heavy (non-hydrogen) atoms. The third-order valence-electron chi connectivity index (χ3n) is 15.2. The molecule has 0 unspecified atom stereocenters. The van der Waals surface area contributed by atoms with E-state index < -0.39 is 0 Å². The van der Waals surface area contributed by atoms with Crippen molar-refractivity contribution in [2.45, 2.75) is 70.6 Å². The zero-order valence-electron chi connectivity index (χ0n) is 37.7. The van der Waals surface area contributed by atoms with Gasteiger partial charge in [-0.25, -0.2) is 4.98 Å². The van der Waals surface area contributed by atoms with E-state index in [9.17, 15) is 0 Å². The minimum atomic E-state index is -0.268. The minimum absolute atomic E-state index is 0.00738. The maximum Gasteiger partial charge on any atom is 0.238 e. The first-order valence-electron chi connectivity index (χ1n) is 23.1. The van der Waals surface area contributed by atoms with Crippen molar-refractivity contribution in [1.29, 1.82) is 0 Å². The Balaban J connectivity index is 1.20. The highest BCUT2D eigenvalue weighted by Crippen LogP contribution is 2.53. The molecule has 0 N–H and O–H groups in total. The molecule has 2 aliphatic rings. The molecular formula is C60H49N5. The second-order valence-electron chi connectivity index (χ2n) is 20.3. The van der Waals surface area contributed by atoms with E-state index in [0.717, 1.165) is 51.5 Å². The molecule has 5 heteroatoms. The smallest absolute Gasteiger partial charge is 0.238 e. The van der Waals surface area contributed by atoms with Crippen molar-refractivity contribution in [3.05, 3.63) is 186 Å². The van der Waals surface area contributed by atoms with Crippen molar-refractivity contribution >= 4 is 54.4 Å². The summed E-state index contributed by atoms with van der Waals surface area (Å²) < 4.78 is 4.83. The van der Waals surface area contributed by atoms with Gasteiger partial charge >= 0.3 is 0 Å². The standard InChI is InChI=1S/C60H49N5/c1-58(2)32-33-59(3,4)48-35-51-45(34-47(48)58)52-50(31-30-42-40-24-13-15-29-49(40)64(54(42)52)37-20-8-7-9-21-37)65(51)57-62-55(43-26-16-19-36-18-10-11-22-38(36)43)61-56(63-57)44-27-17-25-41-39-23-12-14-28-46(39)60(5,6)53(41)44/h7-31,34-35H,32-33H2,1-6H3. The third kappa shape index (κ3) is 5.36. The van der Waals surface area contributed by atoms with E-state index in [1.165, 1.54) is 66.0 Å². The lowest BCUT2D eigenvalue weighted by Gasteiger charge is -2.42. The number of benzene rings is 8. The summed E-state index contributed by atoms with van der Waals surface area (Å²) in [6, 6.07) is 59.8. The average Bonchev–Trinajstić information content (AvgIpc) is 3.93. The first-order chi connectivity index (χ1) is 31.5. The fourth-order valence-electron chi connectivity index (χ4n) is 11.8. The first-order valence-corrected chi connectivity index (χ1v) is 23.1. The molecule has 0 fully saturated rings. The summed E-state index contributed by atoms with van der Waals surface area (Å²) in [5.74, 6) is 1.93. The molecule has 0 saturated heterocycles. The Labute approximate surface area is 379 Å². The van der Waals surface area contributed by atoms with Gasteiger partial charge in [0.05, 0.1) is 22.1 Å². The van der Waals surface area contributed by atoms with E-state index in [1.807, 2.05) is 0 Å². The third-order valence-corrected chi connectivity index (χ3v) is 15.2. The van der Waals surface area contributed by atoms with Crippen LogP contribution in [-0.4, -0.2) is 24.1 Å². The fraction of sp³-hybridized carbons (Fsp3) is 0.183. The Morgan fingerprint density at radius 2 is 1.03 bits per heavy atom. The highest BCUT2D eigenvalue weighted by molar-refractivity contribution is 6.26. The van der Waals surface area contributed by atoms with Gasteiger partial charge in [0.1, 0.15) is 0 Å². The van der Waals surface area contributed by atoms with Crippen LogP contribution >= 0.6 is 0 Å². The number of hydrogen-bond donors (Lipinski definition) is 0. The second-order valence-corrected chi connectivity index (χ2v) is 20.3. The summed E-state index contributed by atoms with van der Waals surface area (Å²) >= 11 is 0. The lowest BCUT2D eigenvalue weighted by Crippen LogP contribution is -2.33. The average molecular weight is 840 g/mol. The van der Waals surface area contributed by atoms with Crippen LogP contribution in [0.1, 0.15) is 76.6 Å². The van der Waals surface area contributed by atoms with Crippen LogP contribution in [0.3, 0.4) is 0 Å². The van der Waals surface area contributed by atoms with Crippen LogP contribution in [0.25, 0.3) is 99.9 Å². The van der Waals surface area contributed by atoms with Crippen LogP contribution in [0.4, 0.5) is 0 Å². The van der Waals surface area contributed by atoms with E-state index in [-0.39, 0.29) is 16.2 Å². The highest BCUT2D eigenvalue weighted by atomic mass is 15.2. The molecule has 0 saturated carbocycles. The molecule has 3 heterocycles. The van der Waals surface area contributed by atoms with Gasteiger partial charge in [0, 0.05) is 43.8 Å². The van der Waals surface area contributed by atoms with Gasteiger partial charge < -0.3 is 4.57 Å². The summed E-state index contributed by atoms with van der Waals surface area (Å²) in [7, 11) is 0. The highest BCUT2D eigenvalue weighted by Gasteiger charge is 2.40. The quantitative estimate of drug-likeness (QED) is 0.177. The summed E-state index contributed by atoms with van der Waals surface area (Å²) in [6.07, 6.45) is 2.24. The van der Waals surface area contributed by atoms with E-state index in [2.05, 4.69) is 214 Å². The van der Waals surface area contributed by atoms with Gasteiger partial charge in [0.2, 0.25) is 5.95 Å². The van der Waals surface area contributed by atoms with Gasteiger partial charge in [0.25, 0.3) is 0 Å². The maximum atomic E-state index is 5.67. The van der Waals surface area contributed by atoms with Crippen LogP contribution in [0.15, 0.2) is 164 Å². The Morgan fingerprint density at radius 1 is 0.415 bits per heavy atom. The van der Waals surface area contributed by atoms with Gasteiger partial charge in [0.15, 0.2) is 11.6 Å². The van der Waals surface area contributed by atoms with Crippen molar-refractivity contribution in [3.63, 3.8) is 0 Å². The lowest BCUT2D eigenvalue weighted by atomic mass is 9.63. The molecule has 0 amide bonds. The zero-order chi connectivity index (χ0) is 44.0. The van der Waals surface area contributed by atoms with Gasteiger partial charge in [-0.2, -0.15) is 9.97 Å². The van der Waals surface area contributed by atoms with Crippen LogP contribution < -0.4 is 0 Å². The minimum Gasteiger partial charge on any atom is -0.309 e. The van der Waals surface area contributed by atoms with Crippen molar-refractivity contribution in [3.8, 4) is 45.5 Å². The van der Waals surface area contributed by atoms with Crippen LogP contribution in [0, 0.1) is 0 Å². The molecule has 0 atom stereocenters. The zero-order valence-corrected chi connectivity index (χ0v) is 37.7. The van der Waals surface area contributed by atoms with Gasteiger partial charge in [-0.05, 0) is 104 Å². The van der Waals surface area contributed by atoms with Crippen molar-refractivity contribution in [1.82, 2.24) is 24.1 Å². The summed E-state index contributed by atoms with van der Waals surface area (Å²) in [5, 5.41) is 7.12. The molecule has 13 rings (SSSR count). The predicted octanol–water partition coefficient (Wildman–Crippen LogP) is 15.2. The van der Waals surface area contributed by atoms with Crippen LogP contribution in [-0.2, 0) is 16.2 Å². The molecule has 0 spiro atoms. The van der Waals surface area contributed by atoms with E-state index in [4.69, 9.17) is 15.0 Å². The number of aromatic nitrogens is 5. The molecule has 314 valence electrons. The molecule has 0 radical (unpaired) electrons. The van der Waals surface area contributed by atoms with Crippen molar-refractivity contribution in [2.24, 2.45) is 0 Å². The summed E-state index contributed by atoms with van der Waals surface area (Å²) in [4.78, 5) is 16.8. The van der Waals surface area contributed by atoms with E-state index >= 15 is 0 Å². The molecule has 8 aromatic carbocycles. The summed E-state index contributed by atoms with van der Waals surface area (Å²) in [6.45, 7) is 14.4. The molecule has 2 aliphatic carbocycles. The number of hydrogen-bond acceptors (Lipinski definition) is 3. The molecule has 11 aromatic rings.